The van der Waals surface area contributed by atoms with Crippen molar-refractivity contribution in [2.75, 3.05) is 0 Å². The van der Waals surface area contributed by atoms with Crippen molar-refractivity contribution in [3.8, 4) is 0 Å². The molecule has 5 heteroatoms. The van der Waals surface area contributed by atoms with E-state index in [1.165, 1.54) is 5.56 Å². The number of aromatic nitrogens is 2. The Morgan fingerprint density at radius 3 is 2.79 bits per heavy atom. The molecule has 0 amide bonds. The average Bonchev–Trinajstić information content (AvgIpc) is 2.42. The maximum atomic E-state index is 6.27. The number of nitrogens with zero attached hydrogens (tertiary/aromatic N) is 2. The number of halogens is 3. The van der Waals surface area contributed by atoms with Gasteiger partial charge in [0.15, 0.2) is 0 Å². The number of aryl methyl sites for hydroxylation is 1. The third-order valence-electron chi connectivity index (χ3n) is 3.44. The van der Waals surface area contributed by atoms with E-state index in [1.54, 1.807) is 6.07 Å². The molecule has 0 radical (unpaired) electrons. The van der Waals surface area contributed by atoms with Gasteiger partial charge in [-0.3, -0.25) is 4.98 Å². The Labute approximate surface area is 126 Å². The second kappa shape index (κ2) is 5.28. The van der Waals surface area contributed by atoms with Gasteiger partial charge in [0.1, 0.15) is 5.15 Å². The maximum absolute atomic E-state index is 6.27. The van der Waals surface area contributed by atoms with Gasteiger partial charge in [0.05, 0.1) is 21.4 Å². The molecular weight excluding hydrogens is 303 g/mol. The van der Waals surface area contributed by atoms with Gasteiger partial charge in [-0.2, -0.15) is 0 Å². The normalized spacial score (nSPS) is 18.2. The molecule has 19 heavy (non-hydrogen) atoms. The van der Waals surface area contributed by atoms with Gasteiger partial charge < -0.3 is 0 Å². The topological polar surface area (TPSA) is 25.8 Å². The van der Waals surface area contributed by atoms with Crippen LogP contribution in [0.15, 0.2) is 24.4 Å². The highest BCUT2D eigenvalue weighted by atomic mass is 35.5. The molecule has 1 aliphatic rings. The Balaban J connectivity index is 2.11. The molecule has 2 heterocycles. The molecule has 0 aliphatic heterocycles. The Hall–Kier alpha value is -0.830. The van der Waals surface area contributed by atoms with Gasteiger partial charge in [-0.1, -0.05) is 40.9 Å². The van der Waals surface area contributed by atoms with E-state index in [0.29, 0.717) is 15.2 Å². The van der Waals surface area contributed by atoms with Crippen LogP contribution in [0.4, 0.5) is 0 Å². The first-order chi connectivity index (χ1) is 9.16. The highest BCUT2D eigenvalue weighted by molar-refractivity contribution is 6.42. The fourth-order valence-corrected chi connectivity index (χ4v) is 3.21. The van der Waals surface area contributed by atoms with Gasteiger partial charge in [0.25, 0.3) is 0 Å². The molecule has 1 unspecified atom stereocenters. The fraction of sp³-hybridized carbons (Fsp3) is 0.286. The molecule has 1 atom stereocenters. The van der Waals surface area contributed by atoms with Crippen LogP contribution < -0.4 is 0 Å². The van der Waals surface area contributed by atoms with E-state index in [4.69, 9.17) is 34.8 Å². The third kappa shape index (κ3) is 2.45. The Bertz CT molecular complexity index is 628. The van der Waals surface area contributed by atoms with Crippen molar-refractivity contribution < 1.29 is 0 Å². The maximum Gasteiger partial charge on any atom is 0.148 e. The van der Waals surface area contributed by atoms with Gasteiger partial charge in [-0.25, -0.2) is 4.98 Å². The van der Waals surface area contributed by atoms with Crippen LogP contribution in [-0.2, 0) is 6.42 Å². The van der Waals surface area contributed by atoms with Gasteiger partial charge in [0.2, 0.25) is 0 Å². The quantitative estimate of drug-likeness (QED) is 0.699. The first-order valence-electron chi connectivity index (χ1n) is 6.12. The van der Waals surface area contributed by atoms with Crippen molar-refractivity contribution in [1.82, 2.24) is 9.97 Å². The lowest BCUT2D eigenvalue weighted by molar-refractivity contribution is 0.588. The van der Waals surface area contributed by atoms with Crippen LogP contribution in [0, 0.1) is 0 Å². The molecule has 2 nitrogen and oxygen atoms in total. The van der Waals surface area contributed by atoms with Crippen molar-refractivity contribution in [3.63, 3.8) is 0 Å². The number of pyridine rings is 2. The molecule has 0 saturated heterocycles. The predicted molar refractivity (Wildman–Crippen MR) is 78.3 cm³/mol. The molecule has 98 valence electrons. The average molecular weight is 314 g/mol. The zero-order valence-electron chi connectivity index (χ0n) is 10.0. The largest absolute Gasteiger partial charge is 0.260 e. The minimum absolute atomic E-state index is 0.104. The second-order valence-corrected chi connectivity index (χ2v) is 5.79. The van der Waals surface area contributed by atoms with Crippen molar-refractivity contribution >= 4 is 34.8 Å². The van der Waals surface area contributed by atoms with Crippen molar-refractivity contribution in [3.05, 3.63) is 56.5 Å². The summed E-state index contributed by atoms with van der Waals surface area (Å²) in [6, 6.07) is 5.73. The second-order valence-electron chi connectivity index (χ2n) is 4.62. The zero-order valence-corrected chi connectivity index (χ0v) is 12.3. The Kier molecular flexibility index (Phi) is 3.66. The minimum atomic E-state index is 0.104. The fourth-order valence-electron chi connectivity index (χ4n) is 2.58. The van der Waals surface area contributed by atoms with Crippen LogP contribution in [0.25, 0.3) is 0 Å². The lowest BCUT2D eigenvalue weighted by atomic mass is 9.84. The lowest BCUT2D eigenvalue weighted by Gasteiger charge is -2.24. The molecule has 0 N–H and O–H groups in total. The molecule has 0 fully saturated rings. The molecular formula is C14H11Cl3N2. The van der Waals surface area contributed by atoms with Crippen LogP contribution in [0.3, 0.4) is 0 Å². The van der Waals surface area contributed by atoms with E-state index in [9.17, 15) is 0 Å². The Morgan fingerprint density at radius 2 is 1.95 bits per heavy atom. The predicted octanol–water partition coefficient (Wildman–Crippen LogP) is 4.91. The smallest absolute Gasteiger partial charge is 0.148 e. The number of hydrogen-bond acceptors (Lipinski definition) is 2. The van der Waals surface area contributed by atoms with E-state index < -0.39 is 0 Å². The van der Waals surface area contributed by atoms with Gasteiger partial charge in [0, 0.05) is 12.1 Å². The summed E-state index contributed by atoms with van der Waals surface area (Å²) in [5.74, 6) is 0.104. The number of fused-ring (bicyclic) bond motifs is 1. The first-order valence-corrected chi connectivity index (χ1v) is 7.25. The molecule has 1 aliphatic carbocycles. The minimum Gasteiger partial charge on any atom is -0.260 e. The summed E-state index contributed by atoms with van der Waals surface area (Å²) >= 11 is 18.2. The number of rotatable bonds is 1. The summed E-state index contributed by atoms with van der Waals surface area (Å²) in [5.41, 5.74) is 3.10. The van der Waals surface area contributed by atoms with Crippen LogP contribution >= 0.6 is 34.8 Å². The van der Waals surface area contributed by atoms with Gasteiger partial charge in [-0.15, -0.1) is 0 Å². The van der Waals surface area contributed by atoms with E-state index in [0.717, 1.165) is 30.7 Å². The molecule has 2 aromatic rings. The van der Waals surface area contributed by atoms with E-state index in [-0.39, 0.29) is 5.92 Å². The lowest BCUT2D eigenvalue weighted by Crippen LogP contribution is -2.14. The number of hydrogen-bond donors (Lipinski definition) is 0. The van der Waals surface area contributed by atoms with E-state index in [1.807, 2.05) is 12.3 Å². The summed E-state index contributed by atoms with van der Waals surface area (Å²) in [5, 5.41) is 1.23. The third-order valence-corrected chi connectivity index (χ3v) is 4.41. The molecule has 0 bridgehead atoms. The SMILES string of the molecule is Clc1cc(Cl)c(C2CCCc3cccnc32)nc1Cl. The molecule has 2 aromatic heterocycles. The summed E-state index contributed by atoms with van der Waals surface area (Å²) in [4.78, 5) is 8.85. The summed E-state index contributed by atoms with van der Waals surface area (Å²) < 4.78 is 0. The summed E-state index contributed by atoms with van der Waals surface area (Å²) in [6.45, 7) is 0. The van der Waals surface area contributed by atoms with Crippen LogP contribution in [0.1, 0.15) is 35.7 Å². The summed E-state index contributed by atoms with van der Waals surface area (Å²) in [7, 11) is 0. The summed E-state index contributed by atoms with van der Waals surface area (Å²) in [6.07, 6.45) is 4.94. The first kappa shape index (κ1) is 13.2. The molecule has 3 rings (SSSR count). The zero-order chi connectivity index (χ0) is 13.4. The van der Waals surface area contributed by atoms with Crippen molar-refractivity contribution in [2.45, 2.75) is 25.2 Å². The molecule has 0 saturated carbocycles. The van der Waals surface area contributed by atoms with Crippen LogP contribution in [0.2, 0.25) is 15.2 Å². The van der Waals surface area contributed by atoms with Crippen LogP contribution in [0.5, 0.6) is 0 Å². The highest BCUT2D eigenvalue weighted by Gasteiger charge is 2.26. The monoisotopic (exact) mass is 312 g/mol. The van der Waals surface area contributed by atoms with Gasteiger partial charge in [-0.05, 0) is 37.0 Å². The Morgan fingerprint density at radius 1 is 1.11 bits per heavy atom. The van der Waals surface area contributed by atoms with E-state index >= 15 is 0 Å². The van der Waals surface area contributed by atoms with Gasteiger partial charge >= 0.3 is 0 Å². The van der Waals surface area contributed by atoms with E-state index in [2.05, 4.69) is 16.0 Å². The van der Waals surface area contributed by atoms with Crippen molar-refractivity contribution in [1.29, 1.82) is 0 Å². The van der Waals surface area contributed by atoms with Crippen molar-refractivity contribution in [2.24, 2.45) is 0 Å². The van der Waals surface area contributed by atoms with Crippen LogP contribution in [-0.4, -0.2) is 9.97 Å². The molecule has 0 spiro atoms. The molecule has 0 aromatic carbocycles. The highest BCUT2D eigenvalue weighted by Crippen LogP contribution is 2.39. The standard InChI is InChI=1S/C14H11Cl3N2/c15-10-7-11(16)14(17)19-13(10)9-5-1-3-8-4-2-6-18-12(8)9/h2,4,6-7,9H,1,3,5H2.